The second-order valence-electron chi connectivity index (χ2n) is 3.96. The van der Waals surface area contributed by atoms with Gasteiger partial charge in [-0.25, -0.2) is 4.84 Å². The second-order valence-corrected chi connectivity index (χ2v) is 4.18. The third-order valence-electron chi connectivity index (χ3n) is 2.97. The van der Waals surface area contributed by atoms with E-state index in [2.05, 4.69) is 0 Å². The third-order valence-corrected chi connectivity index (χ3v) is 3.21. The molecule has 0 spiro atoms. The van der Waals surface area contributed by atoms with Crippen molar-refractivity contribution in [2.45, 2.75) is 18.9 Å². The number of nitrogens with one attached hydrogen (secondary N) is 1. The molecular weight excluding hydrogens is 254 g/mol. The molecule has 4 N–H and O–H groups in total. The summed E-state index contributed by atoms with van der Waals surface area (Å²) in [6, 6.07) is -1.17. The van der Waals surface area contributed by atoms with Crippen molar-refractivity contribution < 1.29 is 29.7 Å². The lowest BCUT2D eigenvalue weighted by atomic mass is 10.1. The molecule has 0 aromatic heterocycles. The molecule has 0 heterocycles. The van der Waals surface area contributed by atoms with E-state index in [1.165, 1.54) is 0 Å². The van der Waals surface area contributed by atoms with Gasteiger partial charge in [-0.2, -0.15) is 0 Å². The molecule has 1 aliphatic carbocycles. The van der Waals surface area contributed by atoms with Crippen molar-refractivity contribution in [3.8, 4) is 0 Å². The highest BCUT2D eigenvalue weighted by molar-refractivity contribution is 6.15. The minimum atomic E-state index is -1.24. The highest BCUT2D eigenvalue weighted by Crippen LogP contribution is 2.51. The summed E-state index contributed by atoms with van der Waals surface area (Å²) in [5.41, 5.74) is 0. The van der Waals surface area contributed by atoms with Crippen molar-refractivity contribution in [2.75, 3.05) is 0 Å². The van der Waals surface area contributed by atoms with Gasteiger partial charge in [-0.1, -0.05) is 0 Å². The average Bonchev–Trinajstić information content (AvgIpc) is 2.89. The van der Waals surface area contributed by atoms with Crippen molar-refractivity contribution in [3.05, 3.63) is 0 Å². The Kier molecular flexibility index (Phi) is 4.30. The highest BCUT2D eigenvalue weighted by Gasteiger charge is 2.59. The molecule has 1 fully saturated rings. The lowest BCUT2D eigenvalue weighted by Crippen LogP contribution is -2.34. The SMILES string of the molecule is O=C(O)CC[C@H]1[C@H](C(=O)O)[C@H]1[C@@H](NCl)C(=O)O. The van der Waals surface area contributed by atoms with E-state index in [1.807, 2.05) is 4.84 Å². The van der Waals surface area contributed by atoms with Crippen LogP contribution in [0.3, 0.4) is 0 Å². The Balaban J connectivity index is 2.67. The van der Waals surface area contributed by atoms with Crippen molar-refractivity contribution in [3.63, 3.8) is 0 Å². The average molecular weight is 266 g/mol. The van der Waals surface area contributed by atoms with Gasteiger partial charge in [0.25, 0.3) is 0 Å². The quantitative estimate of drug-likeness (QED) is 0.477. The van der Waals surface area contributed by atoms with Gasteiger partial charge in [-0.3, -0.25) is 14.4 Å². The summed E-state index contributed by atoms with van der Waals surface area (Å²) in [6.45, 7) is 0. The van der Waals surface area contributed by atoms with E-state index in [0.29, 0.717) is 0 Å². The van der Waals surface area contributed by atoms with Gasteiger partial charge < -0.3 is 15.3 Å². The summed E-state index contributed by atoms with van der Waals surface area (Å²) in [6.07, 6.45) is -0.0428. The molecule has 1 rings (SSSR count). The van der Waals surface area contributed by atoms with E-state index in [-0.39, 0.29) is 12.8 Å². The third kappa shape index (κ3) is 3.07. The van der Waals surface area contributed by atoms with E-state index in [0.717, 1.165) is 0 Å². The van der Waals surface area contributed by atoms with Gasteiger partial charge in [0.1, 0.15) is 6.04 Å². The van der Waals surface area contributed by atoms with Crippen LogP contribution in [0, 0.1) is 17.8 Å². The number of halogens is 1. The van der Waals surface area contributed by atoms with Gasteiger partial charge in [-0.05, 0) is 24.1 Å². The van der Waals surface area contributed by atoms with Crippen LogP contribution in [-0.4, -0.2) is 39.3 Å². The molecule has 0 radical (unpaired) electrons. The van der Waals surface area contributed by atoms with Crippen LogP contribution >= 0.6 is 11.8 Å². The monoisotopic (exact) mass is 265 g/mol. The number of hydrogen-bond acceptors (Lipinski definition) is 4. The summed E-state index contributed by atoms with van der Waals surface area (Å²) in [4.78, 5) is 34.1. The molecule has 0 unspecified atom stereocenters. The molecule has 0 aromatic carbocycles. The largest absolute Gasteiger partial charge is 0.481 e. The standard InChI is InChI=1S/C9H12ClNO6/c10-11-7(9(16)17)5-3(1-2-4(12)13)6(5)8(14)15/h3,5-7,11H,1-2H2,(H,12,13)(H,14,15)(H,16,17)/t3-,5+,6+,7-/m1/s1. The zero-order valence-electron chi connectivity index (χ0n) is 8.67. The van der Waals surface area contributed by atoms with Crippen molar-refractivity contribution in [1.82, 2.24) is 4.84 Å². The van der Waals surface area contributed by atoms with Crippen LogP contribution in [0.5, 0.6) is 0 Å². The molecule has 8 heteroatoms. The first kappa shape index (κ1) is 13.7. The second kappa shape index (κ2) is 5.33. The summed E-state index contributed by atoms with van der Waals surface area (Å²) in [5, 5.41) is 26.2. The van der Waals surface area contributed by atoms with E-state index in [9.17, 15) is 14.4 Å². The fourth-order valence-corrected chi connectivity index (χ4v) is 2.39. The summed E-state index contributed by atoms with van der Waals surface area (Å²) < 4.78 is 0. The minimum Gasteiger partial charge on any atom is -0.481 e. The lowest BCUT2D eigenvalue weighted by molar-refractivity contribution is -0.141. The van der Waals surface area contributed by atoms with Gasteiger partial charge in [0.2, 0.25) is 0 Å². The molecule has 0 aliphatic heterocycles. The summed E-state index contributed by atoms with van der Waals surface area (Å²) in [5.74, 6) is -5.37. The molecule has 0 amide bonds. The van der Waals surface area contributed by atoms with Crippen molar-refractivity contribution >= 4 is 29.7 Å². The molecule has 96 valence electrons. The fraction of sp³-hybridized carbons (Fsp3) is 0.667. The molecule has 4 atom stereocenters. The van der Waals surface area contributed by atoms with Gasteiger partial charge in [0.05, 0.1) is 5.92 Å². The predicted octanol–water partition coefficient (Wildman–Crippen LogP) is -0.00540. The van der Waals surface area contributed by atoms with Crippen LogP contribution in [0.4, 0.5) is 0 Å². The van der Waals surface area contributed by atoms with Crippen LogP contribution in [0.25, 0.3) is 0 Å². The Morgan fingerprint density at radius 3 is 2.18 bits per heavy atom. The van der Waals surface area contributed by atoms with Crippen LogP contribution < -0.4 is 4.84 Å². The number of carbonyl (C=O) groups is 3. The van der Waals surface area contributed by atoms with Crippen LogP contribution in [-0.2, 0) is 14.4 Å². The number of rotatable bonds is 7. The maximum absolute atomic E-state index is 10.9. The molecule has 1 aliphatic rings. The van der Waals surface area contributed by atoms with Crippen molar-refractivity contribution in [2.24, 2.45) is 17.8 Å². The summed E-state index contributed by atoms with van der Waals surface area (Å²) >= 11 is 5.26. The van der Waals surface area contributed by atoms with E-state index in [4.69, 9.17) is 27.1 Å². The Hall–Kier alpha value is -1.34. The van der Waals surface area contributed by atoms with Gasteiger partial charge in [0, 0.05) is 12.3 Å². The van der Waals surface area contributed by atoms with Crippen molar-refractivity contribution in [1.29, 1.82) is 0 Å². The predicted molar refractivity (Wildman–Crippen MR) is 55.4 cm³/mol. The Bertz CT molecular complexity index is 346. The van der Waals surface area contributed by atoms with Crippen LogP contribution in [0.2, 0.25) is 0 Å². The number of aliphatic carboxylic acids is 3. The first-order chi connectivity index (χ1) is 7.90. The van der Waals surface area contributed by atoms with Gasteiger partial charge >= 0.3 is 17.9 Å². The first-order valence-electron chi connectivity index (χ1n) is 4.93. The Morgan fingerprint density at radius 2 is 1.82 bits per heavy atom. The number of carboxylic acid groups (broad SMARTS) is 3. The molecule has 0 bridgehead atoms. The van der Waals surface area contributed by atoms with Crippen LogP contribution in [0.15, 0.2) is 0 Å². The molecule has 0 aromatic rings. The van der Waals surface area contributed by atoms with Gasteiger partial charge in [0.15, 0.2) is 0 Å². The molecule has 7 nitrogen and oxygen atoms in total. The topological polar surface area (TPSA) is 124 Å². The zero-order valence-corrected chi connectivity index (χ0v) is 9.42. The van der Waals surface area contributed by atoms with Gasteiger partial charge in [-0.15, -0.1) is 0 Å². The summed E-state index contributed by atoms with van der Waals surface area (Å²) in [7, 11) is 0. The number of hydrogen-bond donors (Lipinski definition) is 4. The maximum Gasteiger partial charge on any atom is 0.322 e. The highest BCUT2D eigenvalue weighted by atomic mass is 35.5. The molecule has 0 saturated heterocycles. The smallest absolute Gasteiger partial charge is 0.322 e. The molecular formula is C9H12ClNO6. The zero-order chi connectivity index (χ0) is 13.2. The molecule has 17 heavy (non-hydrogen) atoms. The minimum absolute atomic E-state index is 0.138. The van der Waals surface area contributed by atoms with Crippen LogP contribution in [0.1, 0.15) is 12.8 Å². The fourth-order valence-electron chi connectivity index (χ4n) is 2.15. The maximum atomic E-state index is 10.9. The normalized spacial score (nSPS) is 28.4. The Morgan fingerprint density at radius 1 is 1.24 bits per heavy atom. The lowest BCUT2D eigenvalue weighted by Gasteiger charge is -2.08. The number of carboxylic acids is 3. The van der Waals surface area contributed by atoms with E-state index < -0.39 is 41.7 Å². The first-order valence-corrected chi connectivity index (χ1v) is 5.31. The Labute approximate surface area is 101 Å². The molecule has 1 saturated carbocycles. The van der Waals surface area contributed by atoms with E-state index in [1.54, 1.807) is 0 Å². The van der Waals surface area contributed by atoms with E-state index >= 15 is 0 Å².